The summed E-state index contributed by atoms with van der Waals surface area (Å²) in [5, 5.41) is 9.26. The highest BCUT2D eigenvalue weighted by Gasteiger charge is 2.10. The Morgan fingerprint density at radius 3 is 2.59 bits per heavy atom. The summed E-state index contributed by atoms with van der Waals surface area (Å²) < 4.78 is 4.19. The normalized spacial score (nSPS) is 10.7. The minimum Gasteiger partial charge on any atom is -0.508 e. The molecule has 1 aromatic carbocycles. The highest BCUT2D eigenvalue weighted by atomic mass is 16.3. The van der Waals surface area contributed by atoms with Crippen molar-refractivity contribution in [2.45, 2.75) is 13.0 Å². The topological polar surface area (TPSA) is 55.1 Å². The first-order valence-corrected chi connectivity index (χ1v) is 5.76. The van der Waals surface area contributed by atoms with Gasteiger partial charge in [-0.3, -0.25) is 0 Å². The molecule has 1 aromatic heterocycles. The van der Waals surface area contributed by atoms with Crippen molar-refractivity contribution < 1.29 is 9.79 Å². The molecule has 3 N–H and O–H groups in total. The lowest BCUT2D eigenvalue weighted by Gasteiger charge is -1.97. The van der Waals surface area contributed by atoms with Crippen LogP contribution >= 0.6 is 0 Å². The molecule has 0 aliphatic carbocycles. The largest absolute Gasteiger partial charge is 0.508 e. The summed E-state index contributed by atoms with van der Waals surface area (Å²) in [5.41, 5.74) is 7.76. The quantitative estimate of drug-likeness (QED) is 0.774. The van der Waals surface area contributed by atoms with Gasteiger partial charge in [0.1, 0.15) is 5.75 Å². The molecule has 1 heterocycles. The molecule has 0 unspecified atom stereocenters. The zero-order valence-electron chi connectivity index (χ0n) is 10.0. The van der Waals surface area contributed by atoms with Crippen LogP contribution in [0.1, 0.15) is 6.42 Å². The second-order valence-electron chi connectivity index (χ2n) is 4.14. The van der Waals surface area contributed by atoms with Crippen molar-refractivity contribution in [1.29, 1.82) is 0 Å². The Hall–Kier alpha value is -1.81. The second kappa shape index (κ2) is 5.01. The molecule has 4 heteroatoms. The van der Waals surface area contributed by atoms with Gasteiger partial charge in [0.25, 0.3) is 0 Å². The Labute approximate surface area is 101 Å². The molecule has 0 saturated heterocycles. The van der Waals surface area contributed by atoms with Crippen LogP contribution in [0.25, 0.3) is 11.1 Å². The van der Waals surface area contributed by atoms with E-state index in [9.17, 15) is 5.11 Å². The number of hydrogen-bond acceptors (Lipinski definition) is 2. The van der Waals surface area contributed by atoms with E-state index in [-0.39, 0.29) is 0 Å². The van der Waals surface area contributed by atoms with Crippen LogP contribution in [0.3, 0.4) is 0 Å². The van der Waals surface area contributed by atoms with Gasteiger partial charge >= 0.3 is 0 Å². The van der Waals surface area contributed by atoms with Crippen LogP contribution in [0.4, 0.5) is 0 Å². The van der Waals surface area contributed by atoms with E-state index < -0.39 is 0 Å². The van der Waals surface area contributed by atoms with Crippen LogP contribution < -0.4 is 10.4 Å². The lowest BCUT2D eigenvalue weighted by Crippen LogP contribution is -2.38. The number of rotatable bonds is 4. The lowest BCUT2D eigenvalue weighted by atomic mass is 10.1. The second-order valence-corrected chi connectivity index (χ2v) is 4.14. The molecule has 2 rings (SSSR count). The van der Waals surface area contributed by atoms with Gasteiger partial charge in [-0.25, -0.2) is 0 Å². The van der Waals surface area contributed by atoms with Crippen molar-refractivity contribution in [3.8, 4) is 16.9 Å². The fraction of sp³-hybridized carbons (Fsp3) is 0.308. The van der Waals surface area contributed by atoms with E-state index in [1.165, 1.54) is 0 Å². The summed E-state index contributed by atoms with van der Waals surface area (Å²) in [5.74, 6) is 0.292. The Morgan fingerprint density at radius 2 is 1.94 bits per heavy atom. The van der Waals surface area contributed by atoms with E-state index in [1.54, 1.807) is 12.1 Å². The predicted octanol–water partition coefficient (Wildman–Crippen LogP) is 1.03. The Bertz CT molecular complexity index is 488. The van der Waals surface area contributed by atoms with E-state index in [0.717, 1.165) is 24.1 Å². The highest BCUT2D eigenvalue weighted by molar-refractivity contribution is 5.61. The van der Waals surface area contributed by atoms with Gasteiger partial charge in [0.15, 0.2) is 7.05 Å². The first kappa shape index (κ1) is 11.7. The molecule has 2 aromatic rings. The molecule has 90 valence electrons. The number of phenols is 1. The van der Waals surface area contributed by atoms with Crippen LogP contribution in [0.2, 0.25) is 0 Å². The molecule has 0 aliphatic heterocycles. The number of phenolic OH excluding ortho intramolecular Hbond substituents is 1. The smallest absolute Gasteiger partial charge is 0.203 e. The molecule has 0 saturated carbocycles. The molecular formula is C13H18N3O+. The standard InChI is InChI=1S/C13H17N3O/c1-15-9-12(10-16(15)8-2-7-14)11-3-5-13(17)6-4-11/h3-6,9-10H,2,7-8,14H2,1H3/p+1. The summed E-state index contributed by atoms with van der Waals surface area (Å²) in [6.07, 6.45) is 5.14. The molecular weight excluding hydrogens is 214 g/mol. The van der Waals surface area contributed by atoms with Gasteiger partial charge in [-0.2, -0.15) is 4.68 Å². The monoisotopic (exact) mass is 232 g/mol. The summed E-state index contributed by atoms with van der Waals surface area (Å²) in [7, 11) is 2.01. The highest BCUT2D eigenvalue weighted by Crippen LogP contribution is 2.20. The Morgan fingerprint density at radius 1 is 1.24 bits per heavy atom. The third-order valence-electron chi connectivity index (χ3n) is 2.81. The van der Waals surface area contributed by atoms with Crippen molar-refractivity contribution in [1.82, 2.24) is 4.68 Å². The van der Waals surface area contributed by atoms with E-state index in [1.807, 2.05) is 19.2 Å². The van der Waals surface area contributed by atoms with Crippen LogP contribution in [-0.4, -0.2) is 16.3 Å². The predicted molar refractivity (Wildman–Crippen MR) is 66.4 cm³/mol. The number of benzene rings is 1. The molecule has 0 aliphatic rings. The van der Waals surface area contributed by atoms with E-state index in [4.69, 9.17) is 5.73 Å². The SMILES string of the molecule is C[n+]1cc(-c2ccc(O)cc2)cn1CCCN. The maximum atomic E-state index is 9.26. The fourth-order valence-corrected chi connectivity index (χ4v) is 1.84. The van der Waals surface area contributed by atoms with Crippen molar-refractivity contribution in [3.05, 3.63) is 36.7 Å². The van der Waals surface area contributed by atoms with Gasteiger partial charge in [-0.1, -0.05) is 12.1 Å². The average molecular weight is 232 g/mol. The molecule has 0 spiro atoms. The summed E-state index contributed by atoms with van der Waals surface area (Å²) in [6.45, 7) is 1.62. The van der Waals surface area contributed by atoms with Gasteiger partial charge in [-0.05, 0) is 30.7 Å². The third-order valence-corrected chi connectivity index (χ3v) is 2.81. The number of nitrogens with zero attached hydrogens (tertiary/aromatic N) is 2. The van der Waals surface area contributed by atoms with Crippen molar-refractivity contribution >= 4 is 0 Å². The van der Waals surface area contributed by atoms with E-state index in [2.05, 4.69) is 21.8 Å². The first-order chi connectivity index (χ1) is 8.20. The zero-order valence-corrected chi connectivity index (χ0v) is 10.0. The van der Waals surface area contributed by atoms with Crippen molar-refractivity contribution in [2.75, 3.05) is 6.54 Å². The Kier molecular flexibility index (Phi) is 3.44. The molecule has 0 fully saturated rings. The van der Waals surface area contributed by atoms with Gasteiger partial charge in [0.05, 0.1) is 18.3 Å². The zero-order chi connectivity index (χ0) is 12.3. The van der Waals surface area contributed by atoms with Crippen LogP contribution in [0.15, 0.2) is 36.7 Å². The van der Waals surface area contributed by atoms with Gasteiger partial charge in [0, 0.05) is 0 Å². The van der Waals surface area contributed by atoms with Gasteiger partial charge < -0.3 is 10.8 Å². The van der Waals surface area contributed by atoms with Gasteiger partial charge in [0.2, 0.25) is 6.20 Å². The number of aromatic nitrogens is 2. The number of aryl methyl sites for hydroxylation is 2. The maximum absolute atomic E-state index is 9.26. The summed E-state index contributed by atoms with van der Waals surface area (Å²) in [6, 6.07) is 7.23. The summed E-state index contributed by atoms with van der Waals surface area (Å²) >= 11 is 0. The Balaban J connectivity index is 2.24. The van der Waals surface area contributed by atoms with E-state index >= 15 is 0 Å². The van der Waals surface area contributed by atoms with Crippen LogP contribution in [-0.2, 0) is 13.6 Å². The minimum atomic E-state index is 0.292. The molecule has 0 amide bonds. The molecule has 4 nitrogen and oxygen atoms in total. The van der Waals surface area contributed by atoms with E-state index in [0.29, 0.717) is 12.3 Å². The molecule has 0 atom stereocenters. The molecule has 17 heavy (non-hydrogen) atoms. The fourth-order valence-electron chi connectivity index (χ4n) is 1.84. The van der Waals surface area contributed by atoms with Crippen LogP contribution in [0.5, 0.6) is 5.75 Å². The number of aromatic hydroxyl groups is 1. The van der Waals surface area contributed by atoms with Crippen molar-refractivity contribution in [3.63, 3.8) is 0 Å². The number of nitrogens with two attached hydrogens (primary N) is 1. The maximum Gasteiger partial charge on any atom is 0.203 e. The first-order valence-electron chi connectivity index (χ1n) is 5.76. The lowest BCUT2D eigenvalue weighted by molar-refractivity contribution is -0.753. The minimum absolute atomic E-state index is 0.292. The molecule has 0 bridgehead atoms. The van der Waals surface area contributed by atoms with Crippen molar-refractivity contribution in [2.24, 2.45) is 12.8 Å². The summed E-state index contributed by atoms with van der Waals surface area (Å²) in [4.78, 5) is 0. The third kappa shape index (κ3) is 2.65. The molecule has 0 radical (unpaired) electrons. The number of hydrogen-bond donors (Lipinski definition) is 2. The van der Waals surface area contributed by atoms with Crippen LogP contribution in [0, 0.1) is 0 Å². The average Bonchev–Trinajstić information content (AvgIpc) is 2.69. The van der Waals surface area contributed by atoms with Gasteiger partial charge in [-0.15, -0.1) is 4.68 Å².